The summed E-state index contributed by atoms with van der Waals surface area (Å²) in [7, 11) is 0. The molecule has 26 heavy (non-hydrogen) atoms. The van der Waals surface area contributed by atoms with Gasteiger partial charge in [0.05, 0.1) is 22.1 Å². The Morgan fingerprint density at radius 1 is 0.615 bits per heavy atom. The minimum Gasteiger partial charge on any atom is -0.342 e. The summed E-state index contributed by atoms with van der Waals surface area (Å²) in [4.78, 5) is 15.9. The molecule has 0 saturated carbocycles. The van der Waals surface area contributed by atoms with Gasteiger partial charge in [0, 0.05) is 39.0 Å². The van der Waals surface area contributed by atoms with E-state index in [2.05, 4.69) is 42.7 Å². The second-order valence-electron chi connectivity index (χ2n) is 6.40. The Bertz CT molecular complexity index is 824. The summed E-state index contributed by atoms with van der Waals surface area (Å²) in [6.07, 6.45) is 1.82. The molecule has 0 radical (unpaired) electrons. The van der Waals surface area contributed by atoms with Crippen molar-refractivity contribution in [1.29, 1.82) is 0 Å². The van der Waals surface area contributed by atoms with Crippen LogP contribution in [0.2, 0.25) is 0 Å². The van der Waals surface area contributed by atoms with Gasteiger partial charge in [-0.25, -0.2) is 9.97 Å². The number of aromatic amines is 2. The molecule has 0 saturated heterocycles. The van der Waals surface area contributed by atoms with Crippen LogP contribution in [0.25, 0.3) is 22.1 Å². The van der Waals surface area contributed by atoms with Crippen LogP contribution in [0.5, 0.6) is 0 Å². The van der Waals surface area contributed by atoms with Gasteiger partial charge in [-0.15, -0.1) is 0 Å². The quantitative estimate of drug-likeness (QED) is 0.350. The van der Waals surface area contributed by atoms with Crippen molar-refractivity contribution >= 4 is 22.1 Å². The van der Waals surface area contributed by atoms with E-state index in [1.807, 2.05) is 36.4 Å². The van der Waals surface area contributed by atoms with E-state index in [1.54, 1.807) is 0 Å². The molecule has 0 fully saturated rings. The maximum absolute atomic E-state index is 4.59. The number of rotatable bonds is 9. The van der Waals surface area contributed by atoms with Crippen LogP contribution in [-0.2, 0) is 12.8 Å². The maximum Gasteiger partial charge on any atom is 0.108 e. The Morgan fingerprint density at radius 2 is 1.08 bits per heavy atom. The van der Waals surface area contributed by atoms with E-state index in [-0.39, 0.29) is 0 Å². The van der Waals surface area contributed by atoms with Crippen molar-refractivity contribution in [2.75, 3.05) is 26.2 Å². The fraction of sp³-hybridized carbons (Fsp3) is 0.300. The SMILES string of the molecule is c1ccc2[nH]c(CCNCCNCCc3nc4ccccc4[nH]3)nc2c1. The molecule has 2 aromatic heterocycles. The van der Waals surface area contributed by atoms with Crippen LogP contribution in [-0.4, -0.2) is 46.1 Å². The van der Waals surface area contributed by atoms with Crippen LogP contribution < -0.4 is 10.6 Å². The number of fused-ring (bicyclic) bond motifs is 2. The molecule has 0 spiro atoms. The maximum atomic E-state index is 4.59. The zero-order chi connectivity index (χ0) is 17.6. The third-order valence-electron chi connectivity index (χ3n) is 4.43. The van der Waals surface area contributed by atoms with Gasteiger partial charge in [0.15, 0.2) is 0 Å². The standard InChI is InChI=1S/C20H24N6/c1-2-6-16-15(5-1)23-19(24-16)9-11-21-13-14-22-12-10-20-25-17-7-3-4-8-18(17)26-20/h1-8,21-22H,9-14H2,(H,23,24)(H,25,26). The number of hydrogen-bond acceptors (Lipinski definition) is 4. The van der Waals surface area contributed by atoms with Gasteiger partial charge >= 0.3 is 0 Å². The zero-order valence-corrected chi connectivity index (χ0v) is 14.8. The second-order valence-corrected chi connectivity index (χ2v) is 6.40. The average molecular weight is 348 g/mol. The predicted octanol–water partition coefficient (Wildman–Crippen LogP) is 2.40. The number of nitrogens with zero attached hydrogens (tertiary/aromatic N) is 2. The highest BCUT2D eigenvalue weighted by Crippen LogP contribution is 2.11. The van der Waals surface area contributed by atoms with Gasteiger partial charge in [-0.2, -0.15) is 0 Å². The van der Waals surface area contributed by atoms with E-state index in [1.165, 1.54) is 0 Å². The van der Waals surface area contributed by atoms with Crippen LogP contribution in [0, 0.1) is 0 Å². The minimum absolute atomic E-state index is 0.910. The first kappa shape index (κ1) is 16.8. The van der Waals surface area contributed by atoms with Crippen molar-refractivity contribution in [3.63, 3.8) is 0 Å². The van der Waals surface area contributed by atoms with Crippen molar-refractivity contribution < 1.29 is 0 Å². The van der Waals surface area contributed by atoms with Gasteiger partial charge in [0.1, 0.15) is 11.6 Å². The Balaban J connectivity index is 1.10. The highest BCUT2D eigenvalue weighted by Gasteiger charge is 2.02. The Labute approximate surface area is 152 Å². The normalized spacial score (nSPS) is 11.5. The topological polar surface area (TPSA) is 81.4 Å². The number of hydrogen-bond donors (Lipinski definition) is 4. The average Bonchev–Trinajstić information content (AvgIpc) is 3.26. The van der Waals surface area contributed by atoms with E-state index < -0.39 is 0 Å². The first-order valence-electron chi connectivity index (χ1n) is 9.17. The molecule has 0 atom stereocenters. The van der Waals surface area contributed by atoms with Crippen molar-refractivity contribution in [1.82, 2.24) is 30.6 Å². The van der Waals surface area contributed by atoms with Crippen LogP contribution in [0.1, 0.15) is 11.6 Å². The lowest BCUT2D eigenvalue weighted by atomic mass is 10.3. The second kappa shape index (κ2) is 8.12. The van der Waals surface area contributed by atoms with Gasteiger partial charge in [0.25, 0.3) is 0 Å². The van der Waals surface area contributed by atoms with Gasteiger partial charge in [0.2, 0.25) is 0 Å². The summed E-state index contributed by atoms with van der Waals surface area (Å²) in [6.45, 7) is 3.73. The van der Waals surface area contributed by atoms with Gasteiger partial charge < -0.3 is 20.6 Å². The van der Waals surface area contributed by atoms with Gasteiger partial charge in [-0.3, -0.25) is 0 Å². The molecule has 6 nitrogen and oxygen atoms in total. The number of benzene rings is 2. The summed E-state index contributed by atoms with van der Waals surface area (Å²) in [6, 6.07) is 16.3. The molecule has 2 aromatic carbocycles. The summed E-state index contributed by atoms with van der Waals surface area (Å²) in [5.41, 5.74) is 4.29. The molecule has 2 heterocycles. The van der Waals surface area contributed by atoms with Crippen molar-refractivity contribution in [3.8, 4) is 0 Å². The third-order valence-corrected chi connectivity index (χ3v) is 4.43. The van der Waals surface area contributed by atoms with E-state index in [0.717, 1.165) is 72.7 Å². The lowest BCUT2D eigenvalue weighted by Gasteiger charge is -2.05. The number of para-hydroxylation sites is 4. The summed E-state index contributed by atoms with van der Waals surface area (Å²) < 4.78 is 0. The molecule has 4 N–H and O–H groups in total. The summed E-state index contributed by atoms with van der Waals surface area (Å²) in [5, 5.41) is 6.90. The molecule has 6 heteroatoms. The van der Waals surface area contributed by atoms with Crippen LogP contribution in [0.4, 0.5) is 0 Å². The lowest BCUT2D eigenvalue weighted by Crippen LogP contribution is -2.30. The van der Waals surface area contributed by atoms with Crippen molar-refractivity contribution in [2.45, 2.75) is 12.8 Å². The number of H-pyrrole nitrogens is 2. The summed E-state index contributed by atoms with van der Waals surface area (Å²) >= 11 is 0. The van der Waals surface area contributed by atoms with Crippen LogP contribution in [0.15, 0.2) is 48.5 Å². The molecule has 4 rings (SSSR count). The number of aromatic nitrogens is 4. The zero-order valence-electron chi connectivity index (χ0n) is 14.8. The Kier molecular flexibility index (Phi) is 5.23. The highest BCUT2D eigenvalue weighted by atomic mass is 15.0. The highest BCUT2D eigenvalue weighted by molar-refractivity contribution is 5.75. The Hall–Kier alpha value is -2.70. The first-order chi connectivity index (χ1) is 12.9. The fourth-order valence-electron chi connectivity index (χ4n) is 3.09. The molecule has 0 aliphatic rings. The monoisotopic (exact) mass is 348 g/mol. The molecule has 0 unspecified atom stereocenters. The minimum atomic E-state index is 0.910. The van der Waals surface area contributed by atoms with E-state index in [9.17, 15) is 0 Å². The molecule has 4 aromatic rings. The number of imidazole rings is 2. The number of nitrogens with one attached hydrogen (secondary N) is 4. The van der Waals surface area contributed by atoms with E-state index in [4.69, 9.17) is 0 Å². The fourth-order valence-corrected chi connectivity index (χ4v) is 3.09. The van der Waals surface area contributed by atoms with E-state index >= 15 is 0 Å². The molecular weight excluding hydrogens is 324 g/mol. The first-order valence-corrected chi connectivity index (χ1v) is 9.17. The van der Waals surface area contributed by atoms with Gasteiger partial charge in [-0.05, 0) is 24.3 Å². The molecule has 0 bridgehead atoms. The lowest BCUT2D eigenvalue weighted by molar-refractivity contribution is 0.604. The van der Waals surface area contributed by atoms with Gasteiger partial charge in [-0.1, -0.05) is 24.3 Å². The largest absolute Gasteiger partial charge is 0.342 e. The summed E-state index contributed by atoms with van der Waals surface area (Å²) in [5.74, 6) is 2.08. The van der Waals surface area contributed by atoms with Crippen molar-refractivity contribution in [2.24, 2.45) is 0 Å². The van der Waals surface area contributed by atoms with Crippen molar-refractivity contribution in [3.05, 3.63) is 60.2 Å². The van der Waals surface area contributed by atoms with Crippen LogP contribution >= 0.6 is 0 Å². The predicted molar refractivity (Wildman–Crippen MR) is 105 cm³/mol. The van der Waals surface area contributed by atoms with E-state index in [0.29, 0.717) is 0 Å². The molecule has 134 valence electrons. The third kappa shape index (κ3) is 4.09. The smallest absolute Gasteiger partial charge is 0.108 e. The molecular formula is C20H24N6. The molecule has 0 aliphatic carbocycles. The Morgan fingerprint density at radius 3 is 1.54 bits per heavy atom. The van der Waals surface area contributed by atoms with Crippen LogP contribution in [0.3, 0.4) is 0 Å². The molecule has 0 aliphatic heterocycles. The molecule has 0 amide bonds.